The quantitative estimate of drug-likeness (QED) is 0.260. The zero-order valence-corrected chi connectivity index (χ0v) is 23.7. The first-order chi connectivity index (χ1) is 14.6. The van der Waals surface area contributed by atoms with Crippen molar-refractivity contribution in [2.45, 2.75) is 39.4 Å². The van der Waals surface area contributed by atoms with Crippen LogP contribution in [0.5, 0.6) is 5.75 Å². The van der Waals surface area contributed by atoms with Crippen molar-refractivity contribution in [1.29, 1.82) is 0 Å². The van der Waals surface area contributed by atoms with Gasteiger partial charge in [-0.05, 0) is 102 Å². The Morgan fingerprint density at radius 3 is 2.26 bits per heavy atom. The summed E-state index contributed by atoms with van der Waals surface area (Å²) in [5.74, 6) is 0.362. The average Bonchev–Trinajstić information content (AvgIpc) is 2.74. The van der Waals surface area contributed by atoms with Crippen molar-refractivity contribution in [2.75, 3.05) is 19.7 Å². The van der Waals surface area contributed by atoms with Gasteiger partial charge in [0.2, 0.25) is 0 Å². The summed E-state index contributed by atoms with van der Waals surface area (Å²) in [7, 11) is 0. The van der Waals surface area contributed by atoms with Crippen molar-refractivity contribution in [2.24, 2.45) is 0 Å². The van der Waals surface area contributed by atoms with Crippen molar-refractivity contribution in [3.63, 3.8) is 0 Å². The van der Waals surface area contributed by atoms with Crippen molar-refractivity contribution in [3.05, 3.63) is 59.1 Å². The minimum absolute atomic E-state index is 0.0328. The van der Waals surface area contributed by atoms with Crippen LogP contribution in [0.2, 0.25) is 0 Å². The van der Waals surface area contributed by atoms with Gasteiger partial charge in [0.25, 0.3) is 5.91 Å². The van der Waals surface area contributed by atoms with Gasteiger partial charge < -0.3 is 9.64 Å². The Morgan fingerprint density at radius 2 is 1.61 bits per heavy atom. The van der Waals surface area contributed by atoms with E-state index in [1.165, 1.54) is 12.1 Å². The molecular weight excluding hydrogens is 663 g/mol. The second kappa shape index (κ2) is 10.6. The molecule has 0 unspecified atom stereocenters. The predicted octanol–water partition coefficient (Wildman–Crippen LogP) is 6.68. The van der Waals surface area contributed by atoms with Crippen molar-refractivity contribution in [1.82, 2.24) is 9.80 Å². The topological polar surface area (TPSA) is 32.8 Å². The molecule has 0 aromatic heterocycles. The van der Waals surface area contributed by atoms with E-state index in [1.807, 2.05) is 24.0 Å². The fraction of sp³-hybridized carbons (Fsp3) is 0.409. The highest BCUT2D eigenvalue weighted by atomic mass is 79.9. The highest BCUT2D eigenvalue weighted by Crippen LogP contribution is 2.45. The molecule has 1 aliphatic rings. The summed E-state index contributed by atoms with van der Waals surface area (Å²) in [4.78, 5) is 17.2. The smallest absolute Gasteiger partial charge is 0.260 e. The molecule has 1 fully saturated rings. The highest BCUT2D eigenvalue weighted by molar-refractivity contribution is 9.15. The van der Waals surface area contributed by atoms with Crippen LogP contribution in [-0.4, -0.2) is 47.5 Å². The number of carbonyl (C=O) groups is 1. The Hall–Kier alpha value is -0.480. The standard InChI is InChI=1S/C22H23Br4FN2O2/c1-12-9-29(13(2)8-28(12)10-15-4-6-16(27)7-5-15)17(30)11-31-22-14(3)18(23)19(24)20(25)21(22)26/h4-7,12-13H,8-11H2,1-3H3/t12-,13+/m0/s1. The van der Waals surface area contributed by atoms with Gasteiger partial charge >= 0.3 is 0 Å². The van der Waals surface area contributed by atoms with Gasteiger partial charge in [-0.25, -0.2) is 4.39 Å². The van der Waals surface area contributed by atoms with Crippen LogP contribution in [0.25, 0.3) is 0 Å². The summed E-state index contributed by atoms with van der Waals surface area (Å²) in [5.41, 5.74) is 1.97. The van der Waals surface area contributed by atoms with E-state index in [0.717, 1.165) is 42.1 Å². The molecule has 3 rings (SSSR count). The third-order valence-electron chi connectivity index (χ3n) is 5.52. The summed E-state index contributed by atoms with van der Waals surface area (Å²) < 4.78 is 22.5. The zero-order chi connectivity index (χ0) is 22.9. The Bertz CT molecular complexity index is 942. The van der Waals surface area contributed by atoms with Crippen LogP contribution in [0.4, 0.5) is 4.39 Å². The molecular formula is C22H23Br4FN2O2. The van der Waals surface area contributed by atoms with Crippen LogP contribution in [-0.2, 0) is 11.3 Å². The first-order valence-corrected chi connectivity index (χ1v) is 13.0. The number of halogens is 5. The normalized spacial score (nSPS) is 19.5. The van der Waals surface area contributed by atoms with Gasteiger partial charge in [0.05, 0.1) is 8.95 Å². The molecule has 31 heavy (non-hydrogen) atoms. The average molecular weight is 686 g/mol. The van der Waals surface area contributed by atoms with Crippen LogP contribution in [0.1, 0.15) is 25.0 Å². The van der Waals surface area contributed by atoms with Crippen molar-refractivity contribution < 1.29 is 13.9 Å². The highest BCUT2D eigenvalue weighted by Gasteiger charge is 2.32. The van der Waals surface area contributed by atoms with E-state index < -0.39 is 0 Å². The van der Waals surface area contributed by atoms with Gasteiger partial charge in [-0.15, -0.1) is 0 Å². The summed E-state index contributed by atoms with van der Waals surface area (Å²) in [6.45, 7) is 8.17. The van der Waals surface area contributed by atoms with E-state index >= 15 is 0 Å². The molecule has 2 atom stereocenters. The van der Waals surface area contributed by atoms with E-state index in [-0.39, 0.29) is 30.4 Å². The monoisotopic (exact) mass is 682 g/mol. The number of nitrogens with zero attached hydrogens (tertiary/aromatic N) is 2. The second-order valence-corrected chi connectivity index (χ2v) is 11.0. The van der Waals surface area contributed by atoms with Crippen LogP contribution in [0.15, 0.2) is 42.2 Å². The summed E-state index contributed by atoms with van der Waals surface area (Å²) in [6, 6.07) is 6.84. The Kier molecular flexibility index (Phi) is 8.63. The van der Waals surface area contributed by atoms with Crippen molar-refractivity contribution in [3.8, 4) is 5.75 Å². The van der Waals surface area contributed by atoms with Gasteiger partial charge in [-0.2, -0.15) is 0 Å². The fourth-order valence-corrected chi connectivity index (χ4v) is 6.09. The number of carbonyl (C=O) groups excluding carboxylic acids is 1. The molecule has 168 valence electrons. The van der Waals surface area contributed by atoms with Gasteiger partial charge in [-0.1, -0.05) is 12.1 Å². The zero-order valence-electron chi connectivity index (χ0n) is 17.4. The summed E-state index contributed by atoms with van der Waals surface area (Å²) in [6.07, 6.45) is 0. The molecule has 0 radical (unpaired) electrons. The van der Waals surface area contributed by atoms with Gasteiger partial charge in [0.15, 0.2) is 6.61 Å². The largest absolute Gasteiger partial charge is 0.482 e. The summed E-state index contributed by atoms with van der Waals surface area (Å²) >= 11 is 14.2. The third-order valence-corrected chi connectivity index (χ3v) is 10.5. The molecule has 0 spiro atoms. The second-order valence-electron chi connectivity index (χ2n) is 7.80. The molecule has 1 aliphatic heterocycles. The molecule has 2 aromatic carbocycles. The van der Waals surface area contributed by atoms with E-state index in [4.69, 9.17) is 4.74 Å². The first-order valence-electron chi connectivity index (χ1n) is 9.83. The number of hydrogen-bond acceptors (Lipinski definition) is 3. The molecule has 4 nitrogen and oxygen atoms in total. The van der Waals surface area contributed by atoms with Crippen LogP contribution < -0.4 is 4.74 Å². The van der Waals surface area contributed by atoms with E-state index in [1.54, 1.807) is 0 Å². The van der Waals surface area contributed by atoms with Crippen LogP contribution >= 0.6 is 63.7 Å². The van der Waals surface area contributed by atoms with E-state index in [9.17, 15) is 9.18 Å². The lowest BCUT2D eigenvalue weighted by Crippen LogP contribution is -2.58. The van der Waals surface area contributed by atoms with Gasteiger partial charge in [0, 0.05) is 46.2 Å². The van der Waals surface area contributed by atoms with Gasteiger partial charge in [0.1, 0.15) is 11.6 Å². The number of amides is 1. The lowest BCUT2D eigenvalue weighted by atomic mass is 10.1. The number of piperazine rings is 1. The molecule has 0 aliphatic carbocycles. The number of rotatable bonds is 5. The minimum Gasteiger partial charge on any atom is -0.482 e. The maximum absolute atomic E-state index is 13.2. The SMILES string of the molecule is Cc1c(Br)c(Br)c(Br)c(Br)c1OCC(=O)N1C[C@H](C)N(Cc2ccc(F)cc2)C[C@H]1C. The Morgan fingerprint density at radius 1 is 1.00 bits per heavy atom. The van der Waals surface area contributed by atoms with E-state index in [0.29, 0.717) is 12.3 Å². The molecule has 1 amide bonds. The molecule has 1 saturated heterocycles. The predicted molar refractivity (Wildman–Crippen MR) is 135 cm³/mol. The Labute approximate surface area is 216 Å². The molecule has 9 heteroatoms. The number of benzene rings is 2. The molecule has 0 saturated carbocycles. The van der Waals surface area contributed by atoms with Gasteiger partial charge in [-0.3, -0.25) is 9.69 Å². The maximum Gasteiger partial charge on any atom is 0.260 e. The molecule has 0 bridgehead atoms. The number of hydrogen-bond donors (Lipinski definition) is 0. The Balaban J connectivity index is 1.64. The maximum atomic E-state index is 13.2. The summed E-state index contributed by atoms with van der Waals surface area (Å²) in [5, 5.41) is 0. The third kappa shape index (κ3) is 5.72. The van der Waals surface area contributed by atoms with Crippen LogP contribution in [0.3, 0.4) is 0 Å². The van der Waals surface area contributed by atoms with E-state index in [2.05, 4.69) is 82.5 Å². The lowest BCUT2D eigenvalue weighted by molar-refractivity contribution is -0.139. The number of ether oxygens (including phenoxy) is 1. The molecule has 2 aromatic rings. The molecule has 1 heterocycles. The minimum atomic E-state index is -0.229. The first kappa shape index (κ1) is 25.1. The fourth-order valence-electron chi connectivity index (χ4n) is 3.70. The van der Waals surface area contributed by atoms with Crippen molar-refractivity contribution >= 4 is 69.6 Å². The van der Waals surface area contributed by atoms with Crippen LogP contribution in [0, 0.1) is 12.7 Å². The molecule has 0 N–H and O–H groups in total. The lowest BCUT2D eigenvalue weighted by Gasteiger charge is -2.44.